The van der Waals surface area contributed by atoms with Gasteiger partial charge in [0, 0.05) is 37.2 Å². The van der Waals surface area contributed by atoms with Crippen molar-refractivity contribution in [1.82, 2.24) is 9.80 Å². The molecule has 11 nitrogen and oxygen atoms in total. The molecule has 2 saturated heterocycles. The molecule has 2 fully saturated rings. The van der Waals surface area contributed by atoms with Gasteiger partial charge in [-0.05, 0) is 94.5 Å². The highest BCUT2D eigenvalue weighted by atomic mass is 16.6. The normalized spacial score (nSPS) is 19.4. The number of nitrogens with zero attached hydrogens (tertiary/aromatic N) is 2. The predicted molar refractivity (Wildman–Crippen MR) is 235 cm³/mol. The molecule has 0 unspecified atom stereocenters. The van der Waals surface area contributed by atoms with E-state index in [9.17, 15) is 19.2 Å². The first kappa shape index (κ1) is 43.8. The van der Waals surface area contributed by atoms with Gasteiger partial charge in [-0.25, -0.2) is 4.79 Å². The molecule has 4 aromatic rings. The van der Waals surface area contributed by atoms with E-state index in [2.05, 4.69) is 10.6 Å². The van der Waals surface area contributed by atoms with Crippen LogP contribution in [0.2, 0.25) is 0 Å². The fraction of sp³-hybridized carbons (Fsp3) is 0.388. The number of likely N-dealkylation sites (tertiary alicyclic amines) is 2. The van der Waals surface area contributed by atoms with Crippen molar-refractivity contribution in [3.05, 3.63) is 131 Å². The Kier molecular flexibility index (Phi) is 14.2. The molecule has 11 heteroatoms. The number of anilines is 2. The maximum absolute atomic E-state index is 13.6. The van der Waals surface area contributed by atoms with Gasteiger partial charge in [0.05, 0.1) is 30.0 Å². The van der Waals surface area contributed by atoms with Crippen molar-refractivity contribution in [1.29, 1.82) is 0 Å². The number of rotatable bonds is 13. The summed E-state index contributed by atoms with van der Waals surface area (Å²) in [5, 5.41) is 5.99. The van der Waals surface area contributed by atoms with Crippen LogP contribution in [0.3, 0.4) is 0 Å². The second-order valence-electron chi connectivity index (χ2n) is 17.5. The van der Waals surface area contributed by atoms with Gasteiger partial charge in [-0.1, -0.05) is 97.1 Å². The standard InChI is InChI=1S/C49H58N4O7/c1-48(2,3)59-40-29-42(52(31-40)44(54)28-23-34-13-9-7-10-14-34)45(55)50-38-24-19-35(20-25-38)17-18-36-21-26-39(27-22-36)51-46(56)43-30-41(60-49(4,5)6)32-53(43)47(57)58-33-37-15-11-8-12-16-37/h7-22,24-27,40-43H,23,28-33H2,1-6H3,(H,50,55)(H,51,56)/t40-,41-,42+,43+/m1/s1. The number of ether oxygens (including phenoxy) is 3. The van der Waals surface area contributed by atoms with Crippen molar-refractivity contribution in [2.45, 2.75) is 109 Å². The predicted octanol–water partition coefficient (Wildman–Crippen LogP) is 8.75. The summed E-state index contributed by atoms with van der Waals surface area (Å²) in [6.45, 7) is 12.5. The van der Waals surface area contributed by atoms with Crippen molar-refractivity contribution < 1.29 is 33.4 Å². The monoisotopic (exact) mass is 814 g/mol. The van der Waals surface area contributed by atoms with E-state index in [-0.39, 0.29) is 43.1 Å². The van der Waals surface area contributed by atoms with Gasteiger partial charge >= 0.3 is 6.09 Å². The van der Waals surface area contributed by atoms with Crippen LogP contribution in [0.5, 0.6) is 0 Å². The van der Waals surface area contributed by atoms with E-state index < -0.39 is 29.4 Å². The Hall–Kier alpha value is -5.78. The highest BCUT2D eigenvalue weighted by Crippen LogP contribution is 2.29. The minimum atomic E-state index is -0.753. The molecule has 316 valence electrons. The van der Waals surface area contributed by atoms with E-state index >= 15 is 0 Å². The third-order valence-corrected chi connectivity index (χ3v) is 10.2. The largest absolute Gasteiger partial charge is 0.445 e. The third kappa shape index (κ3) is 12.9. The first-order valence-corrected chi connectivity index (χ1v) is 20.7. The van der Waals surface area contributed by atoms with Crippen molar-refractivity contribution in [3.8, 4) is 0 Å². The molecule has 4 amide bonds. The zero-order chi connectivity index (χ0) is 42.9. The van der Waals surface area contributed by atoms with Crippen LogP contribution in [-0.2, 0) is 41.6 Å². The van der Waals surface area contributed by atoms with E-state index in [0.717, 1.165) is 22.3 Å². The average Bonchev–Trinajstić information content (AvgIpc) is 3.83. The topological polar surface area (TPSA) is 127 Å². The number of carbonyl (C=O) groups excluding carboxylic acids is 4. The summed E-state index contributed by atoms with van der Waals surface area (Å²) in [5.74, 6) is -0.609. The van der Waals surface area contributed by atoms with Crippen LogP contribution in [0.4, 0.5) is 16.2 Å². The van der Waals surface area contributed by atoms with Crippen LogP contribution in [0.1, 0.15) is 83.1 Å². The Bertz CT molecular complexity index is 1940. The van der Waals surface area contributed by atoms with E-state index in [1.807, 2.05) is 163 Å². The maximum atomic E-state index is 13.6. The molecule has 2 aliphatic heterocycles. The summed E-state index contributed by atoms with van der Waals surface area (Å²) in [7, 11) is 0. The first-order valence-electron chi connectivity index (χ1n) is 20.7. The molecule has 6 rings (SSSR count). The lowest BCUT2D eigenvalue weighted by atomic mass is 10.1. The van der Waals surface area contributed by atoms with Gasteiger partial charge < -0.3 is 29.7 Å². The van der Waals surface area contributed by atoms with Crippen molar-refractivity contribution in [2.75, 3.05) is 23.7 Å². The van der Waals surface area contributed by atoms with Gasteiger partial charge in [-0.3, -0.25) is 19.3 Å². The van der Waals surface area contributed by atoms with Gasteiger partial charge in [0.15, 0.2) is 0 Å². The van der Waals surface area contributed by atoms with Crippen LogP contribution in [0.25, 0.3) is 12.2 Å². The molecular formula is C49H58N4O7. The SMILES string of the molecule is CC(C)(C)O[C@@H]1C[C@@H](C(=O)Nc2ccc(C=Cc3ccc(NC(=O)[C@@H]4C[C@@H](OC(C)(C)C)CN4C(=O)OCc4ccccc4)cc3)cc2)N(C(=O)CCc2ccccc2)C1. The number of nitrogens with one attached hydrogen (secondary N) is 2. The minimum absolute atomic E-state index is 0.0630. The van der Waals surface area contributed by atoms with Crippen LogP contribution >= 0.6 is 0 Å². The summed E-state index contributed by atoms with van der Waals surface area (Å²) >= 11 is 0. The van der Waals surface area contributed by atoms with E-state index in [0.29, 0.717) is 43.6 Å². The summed E-state index contributed by atoms with van der Waals surface area (Å²) in [5.41, 5.74) is 4.18. The van der Waals surface area contributed by atoms with E-state index in [4.69, 9.17) is 14.2 Å². The summed E-state index contributed by atoms with van der Waals surface area (Å²) < 4.78 is 18.0. The molecule has 0 radical (unpaired) electrons. The minimum Gasteiger partial charge on any atom is -0.445 e. The molecule has 0 spiro atoms. The Morgan fingerprint density at radius 2 is 1.03 bits per heavy atom. The summed E-state index contributed by atoms with van der Waals surface area (Å²) in [6, 6.07) is 32.9. The Morgan fingerprint density at radius 3 is 1.50 bits per heavy atom. The Morgan fingerprint density at radius 1 is 0.600 bits per heavy atom. The number of benzene rings is 4. The van der Waals surface area contributed by atoms with Crippen LogP contribution in [-0.4, -0.2) is 82.2 Å². The van der Waals surface area contributed by atoms with Crippen molar-refractivity contribution in [2.24, 2.45) is 0 Å². The molecule has 4 aromatic carbocycles. The molecule has 4 atom stereocenters. The maximum Gasteiger partial charge on any atom is 0.410 e. The van der Waals surface area contributed by atoms with E-state index in [1.165, 1.54) is 4.90 Å². The zero-order valence-corrected chi connectivity index (χ0v) is 35.6. The van der Waals surface area contributed by atoms with Crippen LogP contribution < -0.4 is 10.6 Å². The highest BCUT2D eigenvalue weighted by Gasteiger charge is 2.43. The molecule has 2 heterocycles. The Balaban J connectivity index is 1.03. The second kappa shape index (κ2) is 19.5. The number of hydrogen-bond donors (Lipinski definition) is 2. The molecule has 2 N–H and O–H groups in total. The van der Waals surface area contributed by atoms with Gasteiger partial charge in [-0.2, -0.15) is 0 Å². The van der Waals surface area contributed by atoms with Gasteiger partial charge in [0.1, 0.15) is 18.7 Å². The number of amides is 4. The molecule has 60 heavy (non-hydrogen) atoms. The van der Waals surface area contributed by atoms with Gasteiger partial charge in [0.25, 0.3) is 0 Å². The van der Waals surface area contributed by atoms with Crippen LogP contribution in [0, 0.1) is 0 Å². The number of hydrogen-bond acceptors (Lipinski definition) is 7. The summed E-state index contributed by atoms with van der Waals surface area (Å²) in [6.07, 6.45) is 4.52. The summed E-state index contributed by atoms with van der Waals surface area (Å²) in [4.78, 5) is 57.0. The lowest BCUT2D eigenvalue weighted by Gasteiger charge is -2.25. The average molecular weight is 815 g/mol. The highest BCUT2D eigenvalue weighted by molar-refractivity contribution is 5.98. The quantitative estimate of drug-likeness (QED) is 0.129. The number of aryl methyl sites for hydroxylation is 1. The van der Waals surface area contributed by atoms with Crippen molar-refractivity contribution >= 4 is 47.3 Å². The Labute approximate surface area is 354 Å². The lowest BCUT2D eigenvalue weighted by molar-refractivity contribution is -0.137. The first-order chi connectivity index (χ1) is 28.6. The fourth-order valence-corrected chi connectivity index (χ4v) is 7.58. The van der Waals surface area contributed by atoms with E-state index in [1.54, 1.807) is 4.90 Å². The molecule has 2 aliphatic rings. The molecule has 0 saturated carbocycles. The van der Waals surface area contributed by atoms with Crippen molar-refractivity contribution in [3.63, 3.8) is 0 Å². The molecule has 0 bridgehead atoms. The zero-order valence-electron chi connectivity index (χ0n) is 35.6. The lowest BCUT2D eigenvalue weighted by Crippen LogP contribution is -2.43. The van der Waals surface area contributed by atoms with Gasteiger partial charge in [-0.15, -0.1) is 0 Å². The number of carbonyl (C=O) groups is 4. The van der Waals surface area contributed by atoms with Gasteiger partial charge in [0.2, 0.25) is 17.7 Å². The molecular weight excluding hydrogens is 757 g/mol. The fourth-order valence-electron chi connectivity index (χ4n) is 7.58. The molecule has 0 aliphatic carbocycles. The van der Waals surface area contributed by atoms with Crippen LogP contribution in [0.15, 0.2) is 109 Å². The second-order valence-corrected chi connectivity index (χ2v) is 17.5. The smallest absolute Gasteiger partial charge is 0.410 e. The molecule has 0 aromatic heterocycles. The third-order valence-electron chi connectivity index (χ3n) is 10.2.